The summed E-state index contributed by atoms with van der Waals surface area (Å²) >= 11 is 3.48. The molecule has 144 valence electrons. The molecule has 0 fully saturated rings. The molecule has 5 nitrogen and oxygen atoms in total. The maximum Gasteiger partial charge on any atom is 0.242 e. The highest BCUT2D eigenvalue weighted by molar-refractivity contribution is 9.10. The van der Waals surface area contributed by atoms with Crippen LogP contribution in [0.25, 0.3) is 0 Å². The molecule has 7 heteroatoms. The maximum absolute atomic E-state index is 12.8. The summed E-state index contributed by atoms with van der Waals surface area (Å²) in [6, 6.07) is 12.9. The van der Waals surface area contributed by atoms with Gasteiger partial charge >= 0.3 is 0 Å². The smallest absolute Gasteiger partial charge is 0.242 e. The summed E-state index contributed by atoms with van der Waals surface area (Å²) in [5.41, 5.74) is 3.12. The van der Waals surface area contributed by atoms with Crippen LogP contribution in [0.4, 0.5) is 5.69 Å². The third kappa shape index (κ3) is 4.10. The number of fused-ring (bicyclic) bond motifs is 1. The first-order chi connectivity index (χ1) is 12.7. The zero-order valence-electron chi connectivity index (χ0n) is 15.6. The number of aryl methyl sites for hydroxylation is 1. The summed E-state index contributed by atoms with van der Waals surface area (Å²) in [4.78, 5) is 14.9. The Morgan fingerprint density at radius 2 is 1.85 bits per heavy atom. The number of sulfonamides is 1. The van der Waals surface area contributed by atoms with E-state index in [4.69, 9.17) is 0 Å². The molecule has 2 aromatic rings. The molecule has 0 radical (unpaired) electrons. The van der Waals surface area contributed by atoms with Crippen molar-refractivity contribution < 1.29 is 13.2 Å². The van der Waals surface area contributed by atoms with Crippen LogP contribution in [0.15, 0.2) is 51.8 Å². The van der Waals surface area contributed by atoms with Crippen LogP contribution in [0.5, 0.6) is 0 Å². The lowest BCUT2D eigenvalue weighted by Gasteiger charge is -2.23. The van der Waals surface area contributed by atoms with E-state index in [0.717, 1.165) is 22.1 Å². The Labute approximate surface area is 169 Å². The van der Waals surface area contributed by atoms with Crippen LogP contribution in [-0.2, 0) is 27.7 Å². The van der Waals surface area contributed by atoms with Gasteiger partial charge in [0.05, 0.1) is 4.90 Å². The van der Waals surface area contributed by atoms with Crippen LogP contribution >= 0.6 is 15.9 Å². The van der Waals surface area contributed by atoms with Crippen molar-refractivity contribution in [1.82, 2.24) is 4.31 Å². The van der Waals surface area contributed by atoms with Gasteiger partial charge in [0, 0.05) is 36.7 Å². The summed E-state index contributed by atoms with van der Waals surface area (Å²) in [7, 11) is -0.409. The summed E-state index contributed by atoms with van der Waals surface area (Å²) in [5, 5.41) is 0. The summed E-state index contributed by atoms with van der Waals surface area (Å²) in [6.45, 7) is 2.06. The van der Waals surface area contributed by atoms with Gasteiger partial charge in [-0.2, -0.15) is 0 Å². The molecular formula is C20H23BrN2O3S. The van der Waals surface area contributed by atoms with Gasteiger partial charge in [-0.05, 0) is 61.2 Å². The lowest BCUT2D eigenvalue weighted by Crippen LogP contribution is -2.35. The van der Waals surface area contributed by atoms with E-state index >= 15 is 0 Å². The Morgan fingerprint density at radius 3 is 2.48 bits per heavy atom. The number of anilines is 1. The molecule has 0 bridgehead atoms. The van der Waals surface area contributed by atoms with Crippen molar-refractivity contribution in [3.8, 4) is 0 Å². The number of carbonyl (C=O) groups is 1. The molecule has 0 unspecified atom stereocenters. The van der Waals surface area contributed by atoms with Crippen LogP contribution in [0.2, 0.25) is 0 Å². The number of carbonyl (C=O) groups excluding carboxylic acids is 1. The van der Waals surface area contributed by atoms with E-state index in [-0.39, 0.29) is 16.8 Å². The van der Waals surface area contributed by atoms with E-state index in [1.807, 2.05) is 17.0 Å². The standard InChI is InChI=1S/C20H23BrN2O3S/c1-14-12-16-13-17(21)7-10-19(16)23(14)20(24)11-6-15-4-8-18(9-5-15)27(25,26)22(2)3/h4-5,7-10,13-14H,6,11-12H2,1-3H3/t14-/m0/s1. The number of rotatable bonds is 5. The SMILES string of the molecule is C[C@H]1Cc2cc(Br)ccc2N1C(=O)CCc1ccc(S(=O)(=O)N(C)C)cc1. The van der Waals surface area contributed by atoms with E-state index < -0.39 is 10.0 Å². The molecule has 0 saturated carbocycles. The van der Waals surface area contributed by atoms with Gasteiger partial charge in [-0.3, -0.25) is 4.79 Å². The molecule has 1 aliphatic heterocycles. The van der Waals surface area contributed by atoms with Gasteiger partial charge in [0.1, 0.15) is 0 Å². The van der Waals surface area contributed by atoms with Crippen molar-refractivity contribution in [2.75, 3.05) is 19.0 Å². The van der Waals surface area contributed by atoms with Crippen LogP contribution in [-0.4, -0.2) is 38.8 Å². The Hall–Kier alpha value is -1.70. The first kappa shape index (κ1) is 20.0. The quantitative estimate of drug-likeness (QED) is 0.698. The van der Waals surface area contributed by atoms with E-state index in [2.05, 4.69) is 28.9 Å². The number of nitrogens with zero attached hydrogens (tertiary/aromatic N) is 2. The van der Waals surface area contributed by atoms with Gasteiger partial charge in [0.2, 0.25) is 15.9 Å². The molecule has 0 aromatic heterocycles. The normalized spacial score (nSPS) is 16.6. The van der Waals surface area contributed by atoms with Crippen molar-refractivity contribution in [2.45, 2.75) is 37.1 Å². The molecule has 0 aliphatic carbocycles. The lowest BCUT2D eigenvalue weighted by atomic mass is 10.1. The van der Waals surface area contributed by atoms with Crippen LogP contribution < -0.4 is 4.90 Å². The first-order valence-electron chi connectivity index (χ1n) is 8.82. The van der Waals surface area contributed by atoms with Gasteiger partial charge in [0.15, 0.2) is 0 Å². The molecule has 27 heavy (non-hydrogen) atoms. The number of amides is 1. The van der Waals surface area contributed by atoms with Gasteiger partial charge in [-0.15, -0.1) is 0 Å². The highest BCUT2D eigenvalue weighted by Crippen LogP contribution is 2.34. The third-order valence-electron chi connectivity index (χ3n) is 4.86. The number of halogens is 1. The minimum atomic E-state index is -3.43. The number of hydrogen-bond donors (Lipinski definition) is 0. The van der Waals surface area contributed by atoms with Crippen molar-refractivity contribution in [3.05, 3.63) is 58.1 Å². The summed E-state index contributed by atoms with van der Waals surface area (Å²) < 4.78 is 26.5. The molecular weight excluding hydrogens is 428 g/mol. The van der Waals surface area contributed by atoms with Crippen LogP contribution in [0.3, 0.4) is 0 Å². The zero-order chi connectivity index (χ0) is 19.8. The van der Waals surface area contributed by atoms with Crippen molar-refractivity contribution in [2.24, 2.45) is 0 Å². The monoisotopic (exact) mass is 450 g/mol. The second-order valence-corrected chi connectivity index (χ2v) is 10.1. The van der Waals surface area contributed by atoms with Gasteiger partial charge in [-0.1, -0.05) is 28.1 Å². The molecule has 1 atom stereocenters. The fraction of sp³-hybridized carbons (Fsp3) is 0.350. The molecule has 0 spiro atoms. The second kappa shape index (κ2) is 7.73. The first-order valence-corrected chi connectivity index (χ1v) is 11.1. The Morgan fingerprint density at radius 1 is 1.19 bits per heavy atom. The van der Waals surface area contributed by atoms with Gasteiger partial charge < -0.3 is 4.90 Å². The van der Waals surface area contributed by atoms with Crippen LogP contribution in [0, 0.1) is 0 Å². The van der Waals surface area contributed by atoms with E-state index in [1.54, 1.807) is 24.3 Å². The number of benzene rings is 2. The minimum absolute atomic E-state index is 0.0913. The van der Waals surface area contributed by atoms with E-state index in [0.29, 0.717) is 12.8 Å². The van der Waals surface area contributed by atoms with Crippen LogP contribution in [0.1, 0.15) is 24.5 Å². The summed E-state index contributed by atoms with van der Waals surface area (Å²) in [5.74, 6) is 0.0913. The lowest BCUT2D eigenvalue weighted by molar-refractivity contribution is -0.118. The average Bonchev–Trinajstić information content (AvgIpc) is 2.94. The van der Waals surface area contributed by atoms with Crippen molar-refractivity contribution in [3.63, 3.8) is 0 Å². The Kier molecular flexibility index (Phi) is 5.74. The maximum atomic E-state index is 12.8. The summed E-state index contributed by atoms with van der Waals surface area (Å²) in [6.07, 6.45) is 1.83. The number of hydrogen-bond acceptors (Lipinski definition) is 3. The highest BCUT2D eigenvalue weighted by atomic mass is 79.9. The molecule has 3 rings (SSSR count). The second-order valence-electron chi connectivity index (χ2n) is 7.02. The average molecular weight is 451 g/mol. The predicted molar refractivity (Wildman–Crippen MR) is 110 cm³/mol. The highest BCUT2D eigenvalue weighted by Gasteiger charge is 2.30. The predicted octanol–water partition coefficient (Wildman–Crippen LogP) is 3.61. The largest absolute Gasteiger partial charge is 0.309 e. The third-order valence-corrected chi connectivity index (χ3v) is 7.18. The fourth-order valence-electron chi connectivity index (χ4n) is 3.39. The molecule has 1 heterocycles. The van der Waals surface area contributed by atoms with Gasteiger partial charge in [0.25, 0.3) is 0 Å². The molecule has 0 N–H and O–H groups in total. The Balaban J connectivity index is 1.68. The van der Waals surface area contributed by atoms with E-state index in [1.165, 1.54) is 24.0 Å². The fourth-order valence-corrected chi connectivity index (χ4v) is 4.70. The van der Waals surface area contributed by atoms with E-state index in [9.17, 15) is 13.2 Å². The van der Waals surface area contributed by atoms with Gasteiger partial charge in [-0.25, -0.2) is 12.7 Å². The zero-order valence-corrected chi connectivity index (χ0v) is 18.0. The molecule has 1 amide bonds. The minimum Gasteiger partial charge on any atom is -0.309 e. The van der Waals surface area contributed by atoms with Crippen molar-refractivity contribution in [1.29, 1.82) is 0 Å². The molecule has 1 aliphatic rings. The van der Waals surface area contributed by atoms with Crippen molar-refractivity contribution >= 4 is 37.5 Å². The molecule has 2 aromatic carbocycles. The topological polar surface area (TPSA) is 57.7 Å². The molecule has 0 saturated heterocycles. The Bertz CT molecular complexity index is 956.